The minimum absolute atomic E-state index is 0.0579. The van der Waals surface area contributed by atoms with Gasteiger partial charge in [0.05, 0.1) is 0 Å². The molecule has 2 aliphatic rings. The maximum Gasteiger partial charge on any atom is 0.334 e. The van der Waals surface area contributed by atoms with Crippen molar-refractivity contribution in [1.29, 1.82) is 0 Å². The van der Waals surface area contributed by atoms with Crippen molar-refractivity contribution < 1.29 is 19.2 Å². The Labute approximate surface area is 123 Å². The number of carbonyl (C=O) groups is 4. The number of likely N-dealkylation sites (N-methyl/N-ethyl adjacent to an activating group) is 1. The first-order chi connectivity index (χ1) is 9.82. The minimum atomic E-state index is -0.942. The van der Waals surface area contributed by atoms with Gasteiger partial charge in [-0.15, -0.1) is 0 Å². The molecule has 1 saturated heterocycles. The van der Waals surface area contributed by atoms with Gasteiger partial charge >= 0.3 is 17.8 Å². The van der Waals surface area contributed by atoms with Crippen LogP contribution in [0.15, 0.2) is 0 Å². The Hall–Kier alpha value is -1.92. The fraction of sp³-hybridized carbons (Fsp3) is 0.714. The van der Waals surface area contributed by atoms with Crippen LogP contribution in [-0.2, 0) is 14.4 Å². The van der Waals surface area contributed by atoms with E-state index in [0.29, 0.717) is 16.7 Å². The molecule has 1 aliphatic heterocycles. The topological polar surface area (TPSA) is 86.8 Å². The van der Waals surface area contributed by atoms with E-state index in [9.17, 15) is 19.2 Å². The van der Waals surface area contributed by atoms with Crippen molar-refractivity contribution in [2.45, 2.75) is 39.2 Å². The highest BCUT2D eigenvalue weighted by Gasteiger charge is 2.43. The number of carbonyl (C=O) groups excluding carboxylic acids is 4. The van der Waals surface area contributed by atoms with Crippen LogP contribution >= 0.6 is 0 Å². The molecule has 1 N–H and O–H groups in total. The largest absolute Gasteiger partial charge is 0.352 e. The molecule has 5 amide bonds. The van der Waals surface area contributed by atoms with E-state index in [1.165, 1.54) is 7.05 Å². The summed E-state index contributed by atoms with van der Waals surface area (Å²) in [4.78, 5) is 48.1. The Bertz CT molecular complexity index is 491. The Morgan fingerprint density at radius 2 is 1.86 bits per heavy atom. The molecule has 1 aliphatic carbocycles. The fourth-order valence-electron chi connectivity index (χ4n) is 2.93. The summed E-state index contributed by atoms with van der Waals surface area (Å²) in [6.45, 7) is 3.85. The molecule has 2 fully saturated rings. The van der Waals surface area contributed by atoms with Crippen molar-refractivity contribution in [3.05, 3.63) is 0 Å². The van der Waals surface area contributed by atoms with Gasteiger partial charge in [0.15, 0.2) is 0 Å². The van der Waals surface area contributed by atoms with Gasteiger partial charge in [-0.1, -0.05) is 26.7 Å². The van der Waals surface area contributed by atoms with Crippen molar-refractivity contribution in [2.24, 2.45) is 11.8 Å². The molecule has 7 heteroatoms. The number of rotatable bonds is 3. The smallest absolute Gasteiger partial charge is 0.334 e. The summed E-state index contributed by atoms with van der Waals surface area (Å²) < 4.78 is 0. The van der Waals surface area contributed by atoms with Crippen LogP contribution in [0.5, 0.6) is 0 Å². The van der Waals surface area contributed by atoms with E-state index in [2.05, 4.69) is 19.2 Å². The molecule has 2 rings (SSSR count). The van der Waals surface area contributed by atoms with Gasteiger partial charge in [-0.3, -0.25) is 19.3 Å². The zero-order valence-corrected chi connectivity index (χ0v) is 12.6. The highest BCUT2D eigenvalue weighted by molar-refractivity contribution is 6.44. The summed E-state index contributed by atoms with van der Waals surface area (Å²) >= 11 is 0. The Balaban J connectivity index is 1.95. The van der Waals surface area contributed by atoms with Crippen LogP contribution in [0.25, 0.3) is 0 Å². The number of imide groups is 2. The molecule has 1 saturated carbocycles. The van der Waals surface area contributed by atoms with E-state index >= 15 is 0 Å². The first kappa shape index (κ1) is 15.5. The number of hydrogen-bond acceptors (Lipinski definition) is 4. The second-order valence-electron chi connectivity index (χ2n) is 5.98. The third kappa shape index (κ3) is 2.91. The maximum absolute atomic E-state index is 12.0. The number of urea groups is 1. The lowest BCUT2D eigenvalue weighted by atomic mass is 9.78. The van der Waals surface area contributed by atoms with Gasteiger partial charge in [0.2, 0.25) is 5.91 Å². The molecular weight excluding hydrogens is 274 g/mol. The fourth-order valence-corrected chi connectivity index (χ4v) is 2.93. The van der Waals surface area contributed by atoms with E-state index in [-0.39, 0.29) is 6.04 Å². The minimum Gasteiger partial charge on any atom is -0.352 e. The average Bonchev–Trinajstić information content (AvgIpc) is 2.62. The first-order valence-electron chi connectivity index (χ1n) is 7.25. The van der Waals surface area contributed by atoms with E-state index in [0.717, 1.165) is 24.2 Å². The first-order valence-corrected chi connectivity index (χ1v) is 7.25. The van der Waals surface area contributed by atoms with Gasteiger partial charge in [-0.25, -0.2) is 9.69 Å². The molecule has 0 aromatic carbocycles. The molecule has 0 aromatic heterocycles. The summed E-state index contributed by atoms with van der Waals surface area (Å²) in [5.74, 6) is -1.34. The molecular formula is C14H21N3O4. The van der Waals surface area contributed by atoms with Crippen molar-refractivity contribution in [3.63, 3.8) is 0 Å². The molecule has 0 radical (unpaired) electrons. The molecule has 0 spiro atoms. The lowest BCUT2D eigenvalue weighted by Gasteiger charge is -2.34. The van der Waals surface area contributed by atoms with Crippen molar-refractivity contribution in [3.8, 4) is 0 Å². The SMILES string of the molecule is C[C@H]1[C@@H](NC(=O)CN2C(=O)C(=O)N(C)C2=O)CCC[C@@H]1C. The Kier molecular flexibility index (Phi) is 4.29. The van der Waals surface area contributed by atoms with E-state index < -0.39 is 30.3 Å². The number of amides is 5. The third-order valence-corrected chi connectivity index (χ3v) is 4.61. The van der Waals surface area contributed by atoms with Crippen LogP contribution in [0.4, 0.5) is 4.79 Å². The predicted molar refractivity (Wildman–Crippen MR) is 74.0 cm³/mol. The molecule has 21 heavy (non-hydrogen) atoms. The van der Waals surface area contributed by atoms with Crippen LogP contribution < -0.4 is 5.32 Å². The van der Waals surface area contributed by atoms with Crippen LogP contribution in [0.2, 0.25) is 0 Å². The van der Waals surface area contributed by atoms with Crippen LogP contribution in [0, 0.1) is 11.8 Å². The van der Waals surface area contributed by atoms with Gasteiger partial charge in [0.1, 0.15) is 6.54 Å². The quantitative estimate of drug-likeness (QED) is 0.601. The summed E-state index contributed by atoms with van der Waals surface area (Å²) in [6, 6.07) is -0.687. The Morgan fingerprint density at radius 3 is 2.43 bits per heavy atom. The highest BCUT2D eigenvalue weighted by atomic mass is 16.2. The standard InChI is InChI=1S/C14H21N3O4/c1-8-5-4-6-10(9(8)2)15-11(18)7-17-13(20)12(19)16(3)14(17)21/h8-10H,4-7H2,1-3H3,(H,15,18)/t8-,9+,10-/m0/s1. The molecule has 1 heterocycles. The molecule has 7 nitrogen and oxygen atoms in total. The highest BCUT2D eigenvalue weighted by Crippen LogP contribution is 2.29. The summed E-state index contributed by atoms with van der Waals surface area (Å²) in [5.41, 5.74) is 0. The van der Waals surface area contributed by atoms with E-state index in [1.54, 1.807) is 0 Å². The van der Waals surface area contributed by atoms with Gasteiger partial charge in [0.25, 0.3) is 0 Å². The van der Waals surface area contributed by atoms with Crippen molar-refractivity contribution in [1.82, 2.24) is 15.1 Å². The van der Waals surface area contributed by atoms with Gasteiger partial charge in [-0.05, 0) is 18.3 Å². The van der Waals surface area contributed by atoms with E-state index in [4.69, 9.17) is 0 Å². The number of hydrogen-bond donors (Lipinski definition) is 1. The summed E-state index contributed by atoms with van der Waals surface area (Å²) in [7, 11) is 1.23. The summed E-state index contributed by atoms with van der Waals surface area (Å²) in [6.07, 6.45) is 3.10. The zero-order chi connectivity index (χ0) is 15.7. The molecule has 0 aromatic rings. The molecule has 0 bridgehead atoms. The van der Waals surface area contributed by atoms with Gasteiger partial charge in [-0.2, -0.15) is 0 Å². The van der Waals surface area contributed by atoms with Crippen LogP contribution in [0.1, 0.15) is 33.1 Å². The number of nitrogens with zero attached hydrogens (tertiary/aromatic N) is 2. The maximum atomic E-state index is 12.0. The second-order valence-corrected chi connectivity index (χ2v) is 5.98. The second kappa shape index (κ2) is 5.83. The lowest BCUT2D eigenvalue weighted by Crippen LogP contribution is -2.48. The molecule has 0 unspecified atom stereocenters. The van der Waals surface area contributed by atoms with Gasteiger partial charge < -0.3 is 5.32 Å². The lowest BCUT2D eigenvalue weighted by molar-refractivity contribution is -0.143. The monoisotopic (exact) mass is 295 g/mol. The van der Waals surface area contributed by atoms with Crippen LogP contribution in [0.3, 0.4) is 0 Å². The van der Waals surface area contributed by atoms with Crippen molar-refractivity contribution in [2.75, 3.05) is 13.6 Å². The average molecular weight is 295 g/mol. The third-order valence-electron chi connectivity index (χ3n) is 4.61. The Morgan fingerprint density at radius 1 is 1.19 bits per heavy atom. The van der Waals surface area contributed by atoms with Crippen molar-refractivity contribution >= 4 is 23.8 Å². The molecule has 3 atom stereocenters. The molecule has 116 valence electrons. The van der Waals surface area contributed by atoms with E-state index in [1.807, 2.05) is 0 Å². The number of nitrogens with one attached hydrogen (secondary N) is 1. The van der Waals surface area contributed by atoms with Gasteiger partial charge in [0, 0.05) is 13.1 Å². The summed E-state index contributed by atoms with van der Waals surface area (Å²) in [5, 5.41) is 2.88. The zero-order valence-electron chi connectivity index (χ0n) is 12.6. The van der Waals surface area contributed by atoms with Crippen LogP contribution in [-0.4, -0.2) is 53.2 Å². The normalized spacial score (nSPS) is 30.0. The predicted octanol–water partition coefficient (Wildman–Crippen LogP) is 0.348.